The van der Waals surface area contributed by atoms with Crippen LogP contribution in [0.5, 0.6) is 5.75 Å². The molecular formula is C41H45N11O6. The molecule has 2 aliphatic heterocycles. The maximum absolute atomic E-state index is 13.2. The normalized spacial score (nSPS) is 15.1. The van der Waals surface area contributed by atoms with Gasteiger partial charge >= 0.3 is 0 Å². The fourth-order valence-electron chi connectivity index (χ4n) is 7.04. The van der Waals surface area contributed by atoms with Gasteiger partial charge in [0.1, 0.15) is 29.0 Å². The highest BCUT2D eigenvalue weighted by Crippen LogP contribution is 2.34. The number of anilines is 4. The Kier molecular flexibility index (Phi) is 12.1. The van der Waals surface area contributed by atoms with Gasteiger partial charge in [-0.05, 0) is 55.7 Å². The average molecular weight is 788 g/mol. The van der Waals surface area contributed by atoms with Crippen LogP contribution in [0.3, 0.4) is 0 Å². The second-order valence-corrected chi connectivity index (χ2v) is 14.3. The van der Waals surface area contributed by atoms with Crippen LogP contribution in [0.2, 0.25) is 0 Å². The van der Waals surface area contributed by atoms with Crippen LogP contribution < -0.4 is 31.3 Å². The molecular weight excluding hydrogens is 743 g/mol. The lowest BCUT2D eigenvalue weighted by atomic mass is 10.0. The van der Waals surface area contributed by atoms with E-state index >= 15 is 0 Å². The Bertz CT molecular complexity index is 2330. The molecule has 0 spiro atoms. The lowest BCUT2D eigenvalue weighted by Gasteiger charge is -2.27. The van der Waals surface area contributed by atoms with E-state index < -0.39 is 29.7 Å². The summed E-state index contributed by atoms with van der Waals surface area (Å²) >= 11 is 0. The van der Waals surface area contributed by atoms with Crippen molar-refractivity contribution in [1.82, 2.24) is 39.9 Å². The summed E-state index contributed by atoms with van der Waals surface area (Å²) in [6, 6.07) is 11.8. The molecule has 0 saturated carbocycles. The number of nitrogen functional groups attached to an aromatic ring is 1. The number of piperidine rings is 1. The fraction of sp³-hybridized carbons (Fsp3) is 0.341. The van der Waals surface area contributed by atoms with Crippen LogP contribution in [-0.4, -0.2) is 91.6 Å². The first kappa shape index (κ1) is 39.3. The third kappa shape index (κ3) is 9.04. The smallest absolute Gasteiger partial charge is 0.266 e. The van der Waals surface area contributed by atoms with Crippen molar-refractivity contribution in [2.75, 3.05) is 42.7 Å². The largest absolute Gasteiger partial charge is 0.493 e. The van der Waals surface area contributed by atoms with Crippen LogP contribution in [0.25, 0.3) is 17.0 Å². The number of carbonyl (C=O) groups excluding carboxylic acids is 5. The summed E-state index contributed by atoms with van der Waals surface area (Å²) < 4.78 is 7.79. The summed E-state index contributed by atoms with van der Waals surface area (Å²) in [6.45, 7) is 1.54. The van der Waals surface area contributed by atoms with Crippen LogP contribution in [0.15, 0.2) is 73.4 Å². The minimum absolute atomic E-state index is 0.0325. The van der Waals surface area contributed by atoms with E-state index in [0.29, 0.717) is 60.5 Å². The van der Waals surface area contributed by atoms with Gasteiger partial charge in [0.25, 0.3) is 11.8 Å². The predicted molar refractivity (Wildman–Crippen MR) is 215 cm³/mol. The standard InChI is InChI=1S/C41H45N11O6/c1-50(27-14-12-26(13-15-27)46-37-38-45-19-21-51(38)25-30(48-37)29-23-43-24-33(42)47-29)20-18-44-34(53)11-6-4-2-3-5-7-22-58-32-10-8-9-28-36(32)41(57)52(40(28)56)31-16-17-35(54)49-39(31)55/h8-10,12-15,19,21,23-25,31H,2-7,11,16-18,20,22H2,1H3,(H2,42,47)(H,44,53)(H,46,48)(H,49,54,55). The van der Waals surface area contributed by atoms with Gasteiger partial charge in [0.2, 0.25) is 17.7 Å². The number of imide groups is 2. The van der Waals surface area contributed by atoms with Gasteiger partial charge in [0, 0.05) is 62.9 Å². The molecule has 1 unspecified atom stereocenters. The zero-order valence-electron chi connectivity index (χ0n) is 32.1. The Morgan fingerprint density at radius 2 is 1.76 bits per heavy atom. The van der Waals surface area contributed by atoms with Crippen LogP contribution in [0.4, 0.5) is 23.0 Å². The van der Waals surface area contributed by atoms with Crippen molar-refractivity contribution in [1.29, 1.82) is 0 Å². The number of hydrogen-bond acceptors (Lipinski definition) is 13. The lowest BCUT2D eigenvalue weighted by Crippen LogP contribution is -2.54. The summed E-state index contributed by atoms with van der Waals surface area (Å²) in [5.41, 5.74) is 9.84. The molecule has 17 nitrogen and oxygen atoms in total. The molecule has 1 saturated heterocycles. The van der Waals surface area contributed by atoms with Gasteiger partial charge < -0.3 is 30.4 Å². The molecule has 1 atom stereocenters. The minimum atomic E-state index is -1.02. The number of unbranched alkanes of at least 4 members (excludes halogenated alkanes) is 5. The van der Waals surface area contributed by atoms with Gasteiger partial charge in [-0.25, -0.2) is 15.0 Å². The van der Waals surface area contributed by atoms with Crippen molar-refractivity contribution >= 4 is 58.2 Å². The van der Waals surface area contributed by atoms with Gasteiger partial charge in [-0.2, -0.15) is 0 Å². The summed E-state index contributed by atoms with van der Waals surface area (Å²) in [7, 11) is 1.98. The molecule has 0 aliphatic carbocycles. The van der Waals surface area contributed by atoms with Crippen LogP contribution in [0, 0.1) is 0 Å². The van der Waals surface area contributed by atoms with E-state index in [9.17, 15) is 24.0 Å². The zero-order valence-corrected chi connectivity index (χ0v) is 32.1. The Morgan fingerprint density at radius 3 is 2.55 bits per heavy atom. The predicted octanol–water partition coefficient (Wildman–Crippen LogP) is 4.28. The second-order valence-electron chi connectivity index (χ2n) is 14.3. The number of nitrogens with one attached hydrogen (secondary N) is 3. The Morgan fingerprint density at radius 1 is 0.966 bits per heavy atom. The molecule has 2 aromatic carbocycles. The molecule has 1 fully saturated rings. The number of imidazole rings is 1. The molecule has 17 heteroatoms. The molecule has 7 rings (SSSR count). The Balaban J connectivity index is 0.766. The number of fused-ring (bicyclic) bond motifs is 2. The summed E-state index contributed by atoms with van der Waals surface area (Å²) in [4.78, 5) is 83.3. The third-order valence-electron chi connectivity index (χ3n) is 10.1. The summed E-state index contributed by atoms with van der Waals surface area (Å²) in [5.74, 6) is -0.981. The molecule has 2 aliphatic rings. The summed E-state index contributed by atoms with van der Waals surface area (Å²) in [5, 5.41) is 8.59. The highest BCUT2D eigenvalue weighted by molar-refractivity contribution is 6.24. The van der Waals surface area contributed by atoms with Gasteiger partial charge in [0.05, 0.1) is 30.1 Å². The highest BCUT2D eigenvalue weighted by Gasteiger charge is 2.46. The first-order valence-electron chi connectivity index (χ1n) is 19.4. The van der Waals surface area contributed by atoms with Crippen molar-refractivity contribution in [3.05, 3.63) is 84.6 Å². The SMILES string of the molecule is CN(CCNC(=O)CCCCCCCCOc1cccc2c1C(=O)N(C1CCC(=O)NC1=O)C2=O)c1ccc(Nc2nc(-c3cncc(N)n3)cn3ccnc23)cc1. The van der Waals surface area contributed by atoms with E-state index in [4.69, 9.17) is 15.5 Å². The van der Waals surface area contributed by atoms with Gasteiger partial charge in [-0.1, -0.05) is 31.7 Å². The molecule has 5 heterocycles. The van der Waals surface area contributed by atoms with Crippen LogP contribution >= 0.6 is 0 Å². The number of amides is 5. The number of rotatable bonds is 18. The Labute approximate surface area is 334 Å². The van der Waals surface area contributed by atoms with Crippen molar-refractivity contribution in [2.24, 2.45) is 0 Å². The topological polar surface area (TPSA) is 219 Å². The van der Waals surface area contributed by atoms with Gasteiger partial charge in [-0.3, -0.25) is 39.2 Å². The van der Waals surface area contributed by atoms with E-state index in [2.05, 4.69) is 35.8 Å². The quantitative estimate of drug-likeness (QED) is 0.0721. The van der Waals surface area contributed by atoms with E-state index in [1.165, 1.54) is 6.20 Å². The van der Waals surface area contributed by atoms with Crippen molar-refractivity contribution < 1.29 is 28.7 Å². The summed E-state index contributed by atoms with van der Waals surface area (Å²) in [6.07, 6.45) is 14.5. The number of benzene rings is 2. The van der Waals surface area contributed by atoms with Crippen LogP contribution in [0.1, 0.15) is 78.5 Å². The zero-order chi connectivity index (χ0) is 40.6. The first-order chi connectivity index (χ1) is 28.2. The number of hydrogen-bond donors (Lipinski definition) is 4. The van der Waals surface area contributed by atoms with Gasteiger partial charge in [-0.15, -0.1) is 0 Å². The Hall–Kier alpha value is -6.91. The molecule has 300 valence electrons. The molecule has 0 bridgehead atoms. The number of nitrogens with two attached hydrogens (primary N) is 1. The molecule has 0 radical (unpaired) electrons. The monoisotopic (exact) mass is 787 g/mol. The number of likely N-dealkylation sites (N-methyl/N-ethyl adjacent to an activating group) is 1. The minimum Gasteiger partial charge on any atom is -0.493 e. The molecule has 5 amide bonds. The van der Waals surface area contributed by atoms with E-state index in [0.717, 1.165) is 54.8 Å². The van der Waals surface area contributed by atoms with E-state index in [1.807, 2.05) is 48.1 Å². The fourth-order valence-corrected chi connectivity index (χ4v) is 7.04. The lowest BCUT2D eigenvalue weighted by molar-refractivity contribution is -0.136. The average Bonchev–Trinajstić information content (AvgIpc) is 3.80. The number of nitrogens with zero attached hydrogens (tertiary/aromatic N) is 7. The third-order valence-corrected chi connectivity index (χ3v) is 10.1. The number of aromatic nitrogens is 5. The van der Waals surface area contributed by atoms with Crippen molar-refractivity contribution in [3.63, 3.8) is 0 Å². The number of ether oxygens (including phenoxy) is 1. The van der Waals surface area contributed by atoms with Gasteiger partial charge in [0.15, 0.2) is 11.5 Å². The molecule has 58 heavy (non-hydrogen) atoms. The molecule has 5 N–H and O–H groups in total. The van der Waals surface area contributed by atoms with Crippen molar-refractivity contribution in [3.8, 4) is 17.1 Å². The maximum atomic E-state index is 13.2. The first-order valence-corrected chi connectivity index (χ1v) is 19.4. The van der Waals surface area contributed by atoms with Crippen LogP contribution in [-0.2, 0) is 14.4 Å². The molecule has 5 aromatic rings. The second kappa shape index (κ2) is 17.9. The van der Waals surface area contributed by atoms with E-state index in [1.54, 1.807) is 30.6 Å². The van der Waals surface area contributed by atoms with E-state index in [-0.39, 0.29) is 29.9 Å². The van der Waals surface area contributed by atoms with Crippen molar-refractivity contribution in [2.45, 2.75) is 63.8 Å². The molecule has 3 aromatic heterocycles. The number of carbonyl (C=O) groups is 5. The highest BCUT2D eigenvalue weighted by atomic mass is 16.5. The maximum Gasteiger partial charge on any atom is 0.266 e.